The average molecular weight is 283 g/mol. The third-order valence-electron chi connectivity index (χ3n) is 3.11. The van der Waals surface area contributed by atoms with Crippen LogP contribution in [0.1, 0.15) is 28.4 Å². The van der Waals surface area contributed by atoms with Crippen molar-refractivity contribution in [1.29, 1.82) is 0 Å². The number of amides is 2. The fourth-order valence-electron chi connectivity index (χ4n) is 1.85. The van der Waals surface area contributed by atoms with Gasteiger partial charge in [0, 0.05) is 30.2 Å². The molecule has 0 saturated heterocycles. The quantitative estimate of drug-likeness (QED) is 0.847. The Hall–Kier alpha value is -2.69. The van der Waals surface area contributed by atoms with Crippen molar-refractivity contribution in [1.82, 2.24) is 10.3 Å². The summed E-state index contributed by atoms with van der Waals surface area (Å²) >= 11 is 0. The lowest BCUT2D eigenvalue weighted by Crippen LogP contribution is -2.28. The van der Waals surface area contributed by atoms with Gasteiger partial charge in [-0.25, -0.2) is 4.79 Å². The Morgan fingerprint density at radius 1 is 1.24 bits per heavy atom. The van der Waals surface area contributed by atoms with E-state index in [9.17, 15) is 9.59 Å². The maximum Gasteiger partial charge on any atom is 0.319 e. The summed E-state index contributed by atoms with van der Waals surface area (Å²) in [5.74, 6) is -0.0370. The molecule has 5 nitrogen and oxygen atoms in total. The van der Waals surface area contributed by atoms with Crippen LogP contribution in [0.2, 0.25) is 0 Å². The van der Waals surface area contributed by atoms with Gasteiger partial charge in [-0.3, -0.25) is 9.78 Å². The first-order valence-electron chi connectivity index (χ1n) is 6.61. The lowest BCUT2D eigenvalue weighted by atomic mass is 10.1. The Labute approximate surface area is 123 Å². The zero-order valence-electron chi connectivity index (χ0n) is 12.0. The number of hydrogen-bond donors (Lipinski definition) is 2. The van der Waals surface area contributed by atoms with Gasteiger partial charge < -0.3 is 10.6 Å². The summed E-state index contributed by atoms with van der Waals surface area (Å²) in [6, 6.07) is 8.41. The minimum Gasteiger partial charge on any atom is -0.334 e. The van der Waals surface area contributed by atoms with E-state index in [0.29, 0.717) is 17.8 Å². The number of Topliss-reactive ketones (excluding diaryl/α,β-unsaturated/α-hetero) is 1. The summed E-state index contributed by atoms with van der Waals surface area (Å²) in [6.45, 7) is 3.86. The molecule has 0 fully saturated rings. The molecule has 2 aromatic rings. The molecule has 0 bridgehead atoms. The second kappa shape index (κ2) is 6.65. The molecule has 2 N–H and O–H groups in total. The number of carbonyl (C=O) groups is 2. The molecular formula is C16H17N3O2. The van der Waals surface area contributed by atoms with Crippen LogP contribution in [0.25, 0.3) is 0 Å². The van der Waals surface area contributed by atoms with Gasteiger partial charge in [0.2, 0.25) is 0 Å². The van der Waals surface area contributed by atoms with Crippen LogP contribution in [0.5, 0.6) is 0 Å². The number of nitrogens with one attached hydrogen (secondary N) is 2. The molecule has 0 radical (unpaired) electrons. The zero-order valence-corrected chi connectivity index (χ0v) is 12.0. The normalized spacial score (nSPS) is 10.0. The van der Waals surface area contributed by atoms with Crippen molar-refractivity contribution in [3.63, 3.8) is 0 Å². The first-order chi connectivity index (χ1) is 10.1. The van der Waals surface area contributed by atoms with Crippen molar-refractivity contribution in [2.75, 3.05) is 5.32 Å². The minimum atomic E-state index is -0.320. The number of aromatic nitrogens is 1. The Kier molecular flexibility index (Phi) is 4.66. The number of pyridine rings is 1. The van der Waals surface area contributed by atoms with E-state index in [4.69, 9.17) is 0 Å². The number of anilines is 1. The summed E-state index contributed by atoms with van der Waals surface area (Å²) in [7, 11) is 0. The fraction of sp³-hybridized carbons (Fsp3) is 0.188. The molecule has 0 saturated carbocycles. The highest BCUT2D eigenvalue weighted by Gasteiger charge is 2.05. The van der Waals surface area contributed by atoms with Gasteiger partial charge >= 0.3 is 6.03 Å². The van der Waals surface area contributed by atoms with Gasteiger partial charge in [0.1, 0.15) is 0 Å². The standard InChI is InChI=1S/C16H17N3O2/c1-11-6-7-17-9-14(11)10-18-16(21)19-15-5-3-4-13(8-15)12(2)20/h3-9H,10H2,1-2H3,(H2,18,19,21). The highest BCUT2D eigenvalue weighted by atomic mass is 16.2. The molecule has 0 spiro atoms. The molecule has 0 unspecified atom stereocenters. The number of aryl methyl sites for hydroxylation is 1. The van der Waals surface area contributed by atoms with Gasteiger partial charge in [0.05, 0.1) is 0 Å². The maximum atomic E-state index is 11.9. The lowest BCUT2D eigenvalue weighted by molar-refractivity contribution is 0.101. The van der Waals surface area contributed by atoms with Crippen molar-refractivity contribution >= 4 is 17.5 Å². The van der Waals surface area contributed by atoms with E-state index < -0.39 is 0 Å². The fourth-order valence-corrected chi connectivity index (χ4v) is 1.85. The number of ketones is 1. The van der Waals surface area contributed by atoms with Gasteiger partial charge in [0.25, 0.3) is 0 Å². The lowest BCUT2D eigenvalue weighted by Gasteiger charge is -2.09. The molecule has 2 rings (SSSR count). The number of nitrogens with zero attached hydrogens (tertiary/aromatic N) is 1. The molecular weight excluding hydrogens is 266 g/mol. The molecule has 0 aliphatic carbocycles. The first-order valence-corrected chi connectivity index (χ1v) is 6.61. The van der Waals surface area contributed by atoms with E-state index in [-0.39, 0.29) is 11.8 Å². The van der Waals surface area contributed by atoms with Gasteiger partial charge in [-0.15, -0.1) is 0 Å². The Morgan fingerprint density at radius 2 is 2.05 bits per heavy atom. The van der Waals surface area contributed by atoms with Crippen LogP contribution in [0.3, 0.4) is 0 Å². The van der Waals surface area contributed by atoms with E-state index in [1.807, 2.05) is 13.0 Å². The van der Waals surface area contributed by atoms with Gasteiger partial charge in [0.15, 0.2) is 5.78 Å². The molecule has 21 heavy (non-hydrogen) atoms. The van der Waals surface area contributed by atoms with Gasteiger partial charge in [-0.1, -0.05) is 12.1 Å². The smallest absolute Gasteiger partial charge is 0.319 e. The number of rotatable bonds is 4. The molecule has 0 aliphatic heterocycles. The largest absolute Gasteiger partial charge is 0.334 e. The van der Waals surface area contributed by atoms with Crippen molar-refractivity contribution in [2.24, 2.45) is 0 Å². The van der Waals surface area contributed by atoms with Crippen LogP contribution in [-0.2, 0) is 6.54 Å². The number of carbonyl (C=O) groups excluding carboxylic acids is 2. The van der Waals surface area contributed by atoms with Crippen molar-refractivity contribution in [3.8, 4) is 0 Å². The van der Waals surface area contributed by atoms with Crippen LogP contribution in [-0.4, -0.2) is 16.8 Å². The Morgan fingerprint density at radius 3 is 2.76 bits per heavy atom. The molecule has 1 heterocycles. The van der Waals surface area contributed by atoms with E-state index in [0.717, 1.165) is 11.1 Å². The third kappa shape index (κ3) is 4.14. The van der Waals surface area contributed by atoms with Crippen LogP contribution < -0.4 is 10.6 Å². The van der Waals surface area contributed by atoms with Gasteiger partial charge in [-0.2, -0.15) is 0 Å². The van der Waals surface area contributed by atoms with Crippen LogP contribution >= 0.6 is 0 Å². The topological polar surface area (TPSA) is 71.1 Å². The molecule has 0 aliphatic rings. The molecule has 1 aromatic carbocycles. The van der Waals surface area contributed by atoms with E-state index in [1.54, 1.807) is 36.7 Å². The summed E-state index contributed by atoms with van der Waals surface area (Å²) in [5, 5.41) is 5.47. The summed E-state index contributed by atoms with van der Waals surface area (Å²) < 4.78 is 0. The summed E-state index contributed by atoms with van der Waals surface area (Å²) in [6.07, 6.45) is 3.44. The molecule has 5 heteroatoms. The van der Waals surface area contributed by atoms with Crippen molar-refractivity contribution < 1.29 is 9.59 Å². The molecule has 0 atom stereocenters. The monoisotopic (exact) mass is 283 g/mol. The second-order valence-electron chi connectivity index (χ2n) is 4.75. The molecule has 1 aromatic heterocycles. The minimum absolute atomic E-state index is 0.0370. The van der Waals surface area contributed by atoms with Crippen LogP contribution in [0, 0.1) is 6.92 Å². The zero-order chi connectivity index (χ0) is 15.2. The number of benzene rings is 1. The highest BCUT2D eigenvalue weighted by molar-refractivity contribution is 5.96. The first kappa shape index (κ1) is 14.7. The molecule has 108 valence electrons. The van der Waals surface area contributed by atoms with Crippen molar-refractivity contribution in [2.45, 2.75) is 20.4 Å². The summed E-state index contributed by atoms with van der Waals surface area (Å²) in [4.78, 5) is 27.2. The van der Waals surface area contributed by atoms with Crippen LogP contribution in [0.4, 0.5) is 10.5 Å². The molecule has 2 amide bonds. The SMILES string of the molecule is CC(=O)c1cccc(NC(=O)NCc2cnccc2C)c1. The Balaban J connectivity index is 1.95. The summed E-state index contributed by atoms with van der Waals surface area (Å²) in [5.41, 5.74) is 3.19. The maximum absolute atomic E-state index is 11.9. The predicted molar refractivity (Wildman–Crippen MR) is 81.3 cm³/mol. The van der Waals surface area contributed by atoms with E-state index in [1.165, 1.54) is 6.92 Å². The predicted octanol–water partition coefficient (Wildman–Crippen LogP) is 2.91. The van der Waals surface area contributed by atoms with Gasteiger partial charge in [-0.05, 0) is 43.2 Å². The number of hydrogen-bond acceptors (Lipinski definition) is 3. The Bertz CT molecular complexity index is 668. The van der Waals surface area contributed by atoms with E-state index in [2.05, 4.69) is 15.6 Å². The third-order valence-corrected chi connectivity index (χ3v) is 3.11. The van der Waals surface area contributed by atoms with Crippen molar-refractivity contribution in [3.05, 3.63) is 59.4 Å². The van der Waals surface area contributed by atoms with Crippen LogP contribution in [0.15, 0.2) is 42.7 Å². The average Bonchev–Trinajstić information content (AvgIpc) is 2.46. The highest BCUT2D eigenvalue weighted by Crippen LogP contribution is 2.11. The van der Waals surface area contributed by atoms with E-state index >= 15 is 0 Å². The second-order valence-corrected chi connectivity index (χ2v) is 4.75. The number of urea groups is 1.